The molecular formula is C17H15BrN2O. The van der Waals surface area contributed by atoms with Crippen LogP contribution in [0.2, 0.25) is 0 Å². The van der Waals surface area contributed by atoms with E-state index in [4.69, 9.17) is 4.74 Å². The van der Waals surface area contributed by atoms with Crippen LogP contribution in [0.3, 0.4) is 0 Å². The molecule has 3 rings (SSSR count). The van der Waals surface area contributed by atoms with Crippen molar-refractivity contribution in [3.8, 4) is 5.75 Å². The summed E-state index contributed by atoms with van der Waals surface area (Å²) in [5.74, 6) is 0.823. The molecule has 1 heterocycles. The molecule has 0 aliphatic rings. The molecule has 1 N–H and O–H groups in total. The van der Waals surface area contributed by atoms with Crippen molar-refractivity contribution < 1.29 is 4.74 Å². The van der Waals surface area contributed by atoms with Crippen LogP contribution < -0.4 is 10.1 Å². The Labute approximate surface area is 132 Å². The number of anilines is 2. The van der Waals surface area contributed by atoms with Gasteiger partial charge < -0.3 is 10.1 Å². The van der Waals surface area contributed by atoms with E-state index < -0.39 is 0 Å². The highest BCUT2D eigenvalue weighted by Crippen LogP contribution is 2.31. The molecule has 0 amide bonds. The molecule has 3 aromatic rings. The first kappa shape index (κ1) is 13.9. The third kappa shape index (κ3) is 2.85. The molecule has 0 aliphatic heterocycles. The monoisotopic (exact) mass is 342 g/mol. The summed E-state index contributed by atoms with van der Waals surface area (Å²) < 4.78 is 6.34. The third-order valence-corrected chi connectivity index (χ3v) is 3.98. The molecule has 2 aromatic carbocycles. The SMILES string of the molecule is COc1ccc2nc(C)cc(Nc3ccccc3Br)c2c1. The number of nitrogens with zero attached hydrogens (tertiary/aromatic N) is 1. The van der Waals surface area contributed by atoms with Gasteiger partial charge in [-0.15, -0.1) is 0 Å². The first-order chi connectivity index (χ1) is 10.2. The van der Waals surface area contributed by atoms with Crippen LogP contribution in [-0.2, 0) is 0 Å². The lowest BCUT2D eigenvalue weighted by Crippen LogP contribution is -1.96. The van der Waals surface area contributed by atoms with Crippen molar-refractivity contribution in [3.63, 3.8) is 0 Å². The first-order valence-corrected chi connectivity index (χ1v) is 7.43. The predicted molar refractivity (Wildman–Crippen MR) is 90.5 cm³/mol. The van der Waals surface area contributed by atoms with Gasteiger partial charge in [-0.2, -0.15) is 0 Å². The van der Waals surface area contributed by atoms with Crippen LogP contribution in [0.5, 0.6) is 5.75 Å². The van der Waals surface area contributed by atoms with E-state index in [-0.39, 0.29) is 0 Å². The van der Waals surface area contributed by atoms with Crippen molar-refractivity contribution in [3.05, 3.63) is 58.7 Å². The summed E-state index contributed by atoms with van der Waals surface area (Å²) in [6.07, 6.45) is 0. The number of hydrogen-bond donors (Lipinski definition) is 1. The van der Waals surface area contributed by atoms with Gasteiger partial charge in [0.15, 0.2) is 0 Å². The van der Waals surface area contributed by atoms with Crippen LogP contribution in [0, 0.1) is 6.92 Å². The Morgan fingerprint density at radius 3 is 2.62 bits per heavy atom. The highest BCUT2D eigenvalue weighted by atomic mass is 79.9. The number of hydrogen-bond acceptors (Lipinski definition) is 3. The zero-order valence-electron chi connectivity index (χ0n) is 11.9. The van der Waals surface area contributed by atoms with Gasteiger partial charge in [0.05, 0.1) is 18.3 Å². The van der Waals surface area contributed by atoms with Gasteiger partial charge in [-0.05, 0) is 59.3 Å². The Balaban J connectivity index is 2.14. The van der Waals surface area contributed by atoms with Crippen molar-refractivity contribution in [2.45, 2.75) is 6.92 Å². The Morgan fingerprint density at radius 2 is 1.86 bits per heavy atom. The molecule has 0 saturated heterocycles. The summed E-state index contributed by atoms with van der Waals surface area (Å²) in [7, 11) is 1.67. The highest BCUT2D eigenvalue weighted by molar-refractivity contribution is 9.10. The minimum absolute atomic E-state index is 0.823. The number of halogens is 1. The van der Waals surface area contributed by atoms with Crippen LogP contribution in [0.25, 0.3) is 10.9 Å². The zero-order valence-corrected chi connectivity index (χ0v) is 13.4. The van der Waals surface area contributed by atoms with Crippen molar-refractivity contribution >= 4 is 38.2 Å². The van der Waals surface area contributed by atoms with Crippen LogP contribution in [0.1, 0.15) is 5.69 Å². The van der Waals surface area contributed by atoms with E-state index in [1.165, 1.54) is 0 Å². The quantitative estimate of drug-likeness (QED) is 0.722. The number of nitrogens with one attached hydrogen (secondary N) is 1. The number of ether oxygens (including phenoxy) is 1. The molecule has 0 fully saturated rings. The van der Waals surface area contributed by atoms with Crippen LogP contribution in [0.4, 0.5) is 11.4 Å². The maximum Gasteiger partial charge on any atom is 0.119 e. The minimum atomic E-state index is 0.823. The number of methoxy groups -OCH3 is 1. The van der Waals surface area contributed by atoms with E-state index in [0.29, 0.717) is 0 Å². The Hall–Kier alpha value is -2.07. The second-order valence-electron chi connectivity index (χ2n) is 4.80. The number of aromatic nitrogens is 1. The van der Waals surface area contributed by atoms with Crippen LogP contribution in [0.15, 0.2) is 53.0 Å². The number of para-hydroxylation sites is 1. The van der Waals surface area contributed by atoms with E-state index in [1.54, 1.807) is 7.11 Å². The molecule has 0 bridgehead atoms. The molecule has 0 radical (unpaired) electrons. The Bertz CT molecular complexity index is 802. The summed E-state index contributed by atoms with van der Waals surface area (Å²) >= 11 is 3.56. The second-order valence-corrected chi connectivity index (χ2v) is 5.65. The lowest BCUT2D eigenvalue weighted by Gasteiger charge is -2.13. The van der Waals surface area contributed by atoms with E-state index in [0.717, 1.165) is 38.2 Å². The number of fused-ring (bicyclic) bond motifs is 1. The summed E-state index contributed by atoms with van der Waals surface area (Å²) in [6, 6.07) is 16.0. The van der Waals surface area contributed by atoms with Gasteiger partial charge in [0.1, 0.15) is 5.75 Å². The molecule has 0 atom stereocenters. The molecule has 0 aliphatic carbocycles. The number of aryl methyl sites for hydroxylation is 1. The summed E-state index contributed by atoms with van der Waals surface area (Å²) in [5.41, 5.74) is 3.96. The lowest BCUT2D eigenvalue weighted by molar-refractivity contribution is 0.415. The van der Waals surface area contributed by atoms with Gasteiger partial charge in [-0.1, -0.05) is 12.1 Å². The smallest absolute Gasteiger partial charge is 0.119 e. The van der Waals surface area contributed by atoms with Gasteiger partial charge in [0.25, 0.3) is 0 Å². The second kappa shape index (κ2) is 5.74. The first-order valence-electron chi connectivity index (χ1n) is 6.64. The van der Waals surface area contributed by atoms with Crippen molar-refractivity contribution in [2.24, 2.45) is 0 Å². The number of rotatable bonds is 3. The van der Waals surface area contributed by atoms with Crippen LogP contribution in [-0.4, -0.2) is 12.1 Å². The number of benzene rings is 2. The van der Waals surface area contributed by atoms with Gasteiger partial charge in [0, 0.05) is 21.2 Å². The van der Waals surface area contributed by atoms with Gasteiger partial charge in [0.2, 0.25) is 0 Å². The molecule has 0 spiro atoms. The molecule has 0 saturated carbocycles. The summed E-state index contributed by atoms with van der Waals surface area (Å²) in [4.78, 5) is 4.57. The fraction of sp³-hybridized carbons (Fsp3) is 0.118. The fourth-order valence-corrected chi connectivity index (χ4v) is 2.66. The van der Waals surface area contributed by atoms with E-state index in [2.05, 4.69) is 26.2 Å². The molecule has 0 unspecified atom stereocenters. The molecule has 3 nitrogen and oxygen atoms in total. The average Bonchev–Trinajstić information content (AvgIpc) is 2.49. The predicted octanol–water partition coefficient (Wildman–Crippen LogP) is 5.06. The molecule has 4 heteroatoms. The van der Waals surface area contributed by atoms with E-state index in [1.807, 2.05) is 55.5 Å². The summed E-state index contributed by atoms with van der Waals surface area (Å²) in [6.45, 7) is 1.99. The van der Waals surface area contributed by atoms with E-state index in [9.17, 15) is 0 Å². The molecule has 21 heavy (non-hydrogen) atoms. The summed E-state index contributed by atoms with van der Waals surface area (Å²) in [5, 5.41) is 4.50. The van der Waals surface area contributed by atoms with Gasteiger partial charge >= 0.3 is 0 Å². The zero-order chi connectivity index (χ0) is 14.8. The average molecular weight is 343 g/mol. The van der Waals surface area contributed by atoms with Crippen molar-refractivity contribution in [2.75, 3.05) is 12.4 Å². The topological polar surface area (TPSA) is 34.1 Å². The minimum Gasteiger partial charge on any atom is -0.497 e. The molecular weight excluding hydrogens is 328 g/mol. The van der Waals surface area contributed by atoms with Gasteiger partial charge in [-0.25, -0.2) is 0 Å². The fourth-order valence-electron chi connectivity index (χ4n) is 2.28. The maximum atomic E-state index is 5.32. The third-order valence-electron chi connectivity index (χ3n) is 3.29. The standard InChI is InChI=1S/C17H15BrN2O/c1-11-9-17(20-16-6-4-3-5-14(16)18)13-10-12(21-2)7-8-15(13)19-11/h3-10H,1-2H3,(H,19,20). The molecule has 1 aromatic heterocycles. The Morgan fingerprint density at radius 1 is 1.05 bits per heavy atom. The maximum absolute atomic E-state index is 5.32. The largest absolute Gasteiger partial charge is 0.497 e. The lowest BCUT2D eigenvalue weighted by atomic mass is 10.1. The van der Waals surface area contributed by atoms with Gasteiger partial charge in [-0.3, -0.25) is 4.98 Å². The Kier molecular flexibility index (Phi) is 3.80. The van der Waals surface area contributed by atoms with Crippen molar-refractivity contribution in [1.29, 1.82) is 0 Å². The van der Waals surface area contributed by atoms with E-state index >= 15 is 0 Å². The van der Waals surface area contributed by atoms with Crippen LogP contribution >= 0.6 is 15.9 Å². The normalized spacial score (nSPS) is 10.6. The molecule has 106 valence electrons. The number of pyridine rings is 1. The highest BCUT2D eigenvalue weighted by Gasteiger charge is 2.07. The van der Waals surface area contributed by atoms with Crippen molar-refractivity contribution in [1.82, 2.24) is 4.98 Å².